The molecule has 0 aliphatic heterocycles. The molecule has 1 fully saturated rings. The smallest absolute Gasteiger partial charge is 0.251 e. The predicted molar refractivity (Wildman–Crippen MR) is 88.0 cm³/mol. The molecule has 1 N–H and O–H groups in total. The van der Waals surface area contributed by atoms with Crippen LogP contribution in [-0.4, -0.2) is 33.3 Å². The summed E-state index contributed by atoms with van der Waals surface area (Å²) in [5.41, 5.74) is 0. The molecule has 1 heterocycles. The molecule has 1 aliphatic rings. The quantitative estimate of drug-likeness (QED) is 0.860. The Morgan fingerprint density at radius 3 is 2.82 bits per heavy atom. The number of amides is 1. The van der Waals surface area contributed by atoms with E-state index in [2.05, 4.69) is 12.2 Å². The highest BCUT2D eigenvalue weighted by Gasteiger charge is 2.25. The number of sulfone groups is 1. The minimum atomic E-state index is -3.33. The Labute approximate surface area is 136 Å². The molecular weight excluding hydrogens is 322 g/mol. The molecule has 0 radical (unpaired) electrons. The van der Waals surface area contributed by atoms with Crippen molar-refractivity contribution in [2.24, 2.45) is 5.92 Å². The summed E-state index contributed by atoms with van der Waals surface area (Å²) in [6.45, 7) is 2.12. The van der Waals surface area contributed by atoms with Crippen LogP contribution in [0.25, 0.3) is 0 Å². The number of rotatable bonds is 6. The number of ether oxygens (including phenoxy) is 1. The summed E-state index contributed by atoms with van der Waals surface area (Å²) in [5, 5.41) is 4.67. The Balaban J connectivity index is 1.90. The van der Waals surface area contributed by atoms with Crippen LogP contribution in [0, 0.1) is 5.92 Å². The van der Waals surface area contributed by atoms with E-state index in [0.29, 0.717) is 10.9 Å². The van der Waals surface area contributed by atoms with Gasteiger partial charge in [0.15, 0.2) is 9.84 Å². The van der Waals surface area contributed by atoms with Gasteiger partial charge in [-0.15, -0.1) is 11.3 Å². The summed E-state index contributed by atoms with van der Waals surface area (Å²) in [6, 6.07) is 1.50. The zero-order valence-corrected chi connectivity index (χ0v) is 14.6. The van der Waals surface area contributed by atoms with Gasteiger partial charge in [0.2, 0.25) is 0 Å². The van der Waals surface area contributed by atoms with Crippen LogP contribution in [-0.2, 0) is 19.4 Å². The van der Waals surface area contributed by atoms with Crippen molar-refractivity contribution < 1.29 is 17.9 Å². The molecular formula is C15H23NO4S2. The normalized spacial score (nSPS) is 22.5. The largest absolute Gasteiger partial charge is 0.368 e. The van der Waals surface area contributed by atoms with Crippen LogP contribution in [0.1, 0.15) is 39.0 Å². The second-order valence-corrected chi connectivity index (χ2v) is 8.64. The van der Waals surface area contributed by atoms with Crippen molar-refractivity contribution in [3.63, 3.8) is 0 Å². The fourth-order valence-electron chi connectivity index (χ4n) is 2.89. The van der Waals surface area contributed by atoms with Gasteiger partial charge in [0.25, 0.3) is 5.91 Å². The first-order valence-corrected chi connectivity index (χ1v) is 10.4. The molecule has 1 aliphatic carbocycles. The maximum Gasteiger partial charge on any atom is 0.251 e. The van der Waals surface area contributed by atoms with E-state index in [4.69, 9.17) is 4.74 Å². The zero-order chi connectivity index (χ0) is 16.2. The molecule has 0 aromatic carbocycles. The molecule has 1 saturated carbocycles. The topological polar surface area (TPSA) is 72.5 Å². The summed E-state index contributed by atoms with van der Waals surface area (Å²) >= 11 is 1.20. The average Bonchev–Trinajstić information content (AvgIpc) is 2.93. The van der Waals surface area contributed by atoms with Crippen LogP contribution in [0.2, 0.25) is 0 Å². The summed E-state index contributed by atoms with van der Waals surface area (Å²) < 4.78 is 29.0. The third-order valence-electron chi connectivity index (χ3n) is 4.07. The monoisotopic (exact) mass is 345 g/mol. The second kappa shape index (κ2) is 7.57. The molecule has 1 aromatic rings. The van der Waals surface area contributed by atoms with Gasteiger partial charge >= 0.3 is 0 Å². The first-order valence-electron chi connectivity index (χ1n) is 7.60. The third kappa shape index (κ3) is 4.54. The number of hydrogen-bond donors (Lipinski definition) is 1. The van der Waals surface area contributed by atoms with E-state index in [9.17, 15) is 13.2 Å². The summed E-state index contributed by atoms with van der Waals surface area (Å²) in [4.78, 5) is 12.2. The lowest BCUT2D eigenvalue weighted by Crippen LogP contribution is -2.31. The molecule has 0 spiro atoms. The van der Waals surface area contributed by atoms with Crippen molar-refractivity contribution in [3.8, 4) is 0 Å². The van der Waals surface area contributed by atoms with Crippen molar-refractivity contribution in [1.29, 1.82) is 0 Å². The minimum absolute atomic E-state index is 0.0255. The Morgan fingerprint density at radius 1 is 1.41 bits per heavy atom. The molecule has 1 amide bonds. The van der Waals surface area contributed by atoms with Gasteiger partial charge in [-0.3, -0.25) is 4.79 Å². The van der Waals surface area contributed by atoms with Crippen molar-refractivity contribution in [1.82, 2.24) is 0 Å². The van der Waals surface area contributed by atoms with E-state index in [-0.39, 0.29) is 23.5 Å². The highest BCUT2D eigenvalue weighted by Crippen LogP contribution is 2.30. The highest BCUT2D eigenvalue weighted by molar-refractivity contribution is 7.91. The second-order valence-electron chi connectivity index (χ2n) is 5.74. The van der Waals surface area contributed by atoms with Gasteiger partial charge in [0.1, 0.15) is 16.5 Å². The molecule has 1 aromatic heterocycles. The lowest BCUT2D eigenvalue weighted by atomic mass is 9.85. The summed E-state index contributed by atoms with van der Waals surface area (Å²) in [6.07, 6.45) is 6.88. The van der Waals surface area contributed by atoms with E-state index in [0.717, 1.165) is 31.9 Å². The van der Waals surface area contributed by atoms with Crippen molar-refractivity contribution in [2.45, 2.75) is 50.0 Å². The SMILES string of the molecule is CC[C@@H]1CCCC[C@H]1OCC(=O)Nc1sccc1S(C)(=O)=O. The molecule has 5 nitrogen and oxygen atoms in total. The summed E-state index contributed by atoms with van der Waals surface area (Å²) in [5.74, 6) is 0.225. The fourth-order valence-corrected chi connectivity index (χ4v) is 4.97. The summed E-state index contributed by atoms with van der Waals surface area (Å²) in [7, 11) is -3.33. The van der Waals surface area contributed by atoms with E-state index >= 15 is 0 Å². The van der Waals surface area contributed by atoms with Gasteiger partial charge in [0, 0.05) is 6.26 Å². The van der Waals surface area contributed by atoms with E-state index < -0.39 is 9.84 Å². The number of anilines is 1. The maximum absolute atomic E-state index is 12.0. The average molecular weight is 345 g/mol. The zero-order valence-electron chi connectivity index (χ0n) is 13.0. The first kappa shape index (κ1) is 17.4. The molecule has 2 atom stereocenters. The van der Waals surface area contributed by atoms with Crippen molar-refractivity contribution in [2.75, 3.05) is 18.2 Å². The number of nitrogens with one attached hydrogen (secondary N) is 1. The number of thiophene rings is 1. The van der Waals surface area contributed by atoms with Crippen molar-refractivity contribution in [3.05, 3.63) is 11.4 Å². The maximum atomic E-state index is 12.0. The Morgan fingerprint density at radius 2 is 2.14 bits per heavy atom. The van der Waals surface area contributed by atoms with Crippen LogP contribution in [0.3, 0.4) is 0 Å². The van der Waals surface area contributed by atoms with Crippen LogP contribution < -0.4 is 5.32 Å². The minimum Gasteiger partial charge on any atom is -0.368 e. The molecule has 0 bridgehead atoms. The fraction of sp³-hybridized carbons (Fsp3) is 0.667. The van der Waals surface area contributed by atoms with Crippen LogP contribution in [0.5, 0.6) is 0 Å². The lowest BCUT2D eigenvalue weighted by molar-refractivity contribution is -0.124. The first-order chi connectivity index (χ1) is 10.4. The van der Waals surface area contributed by atoms with E-state index in [1.165, 1.54) is 23.8 Å². The van der Waals surface area contributed by atoms with Crippen LogP contribution in [0.15, 0.2) is 16.3 Å². The highest BCUT2D eigenvalue weighted by atomic mass is 32.2. The van der Waals surface area contributed by atoms with E-state index in [1.54, 1.807) is 5.38 Å². The third-order valence-corrected chi connectivity index (χ3v) is 6.17. The molecule has 124 valence electrons. The molecule has 2 rings (SSSR count). The molecule has 7 heteroatoms. The van der Waals surface area contributed by atoms with Crippen LogP contribution >= 0.6 is 11.3 Å². The van der Waals surface area contributed by atoms with Gasteiger partial charge < -0.3 is 10.1 Å². The van der Waals surface area contributed by atoms with Gasteiger partial charge in [-0.25, -0.2) is 8.42 Å². The standard InChI is InChI=1S/C15H23NO4S2/c1-3-11-6-4-5-7-12(11)20-10-14(17)16-15-13(8-9-21-15)22(2,18)19/h8-9,11-12H,3-7,10H2,1-2H3,(H,16,17)/t11-,12-/m1/s1. The Bertz CT molecular complexity index is 609. The van der Waals surface area contributed by atoms with Crippen LogP contribution in [0.4, 0.5) is 5.00 Å². The van der Waals surface area contributed by atoms with E-state index in [1.807, 2.05) is 0 Å². The molecule has 0 unspecified atom stereocenters. The Kier molecular flexibility index (Phi) is 6.00. The van der Waals surface area contributed by atoms with Gasteiger partial charge in [-0.2, -0.15) is 0 Å². The molecule has 22 heavy (non-hydrogen) atoms. The number of hydrogen-bond acceptors (Lipinski definition) is 5. The predicted octanol–water partition coefficient (Wildman–Crippen LogP) is 3.08. The van der Waals surface area contributed by atoms with Gasteiger partial charge in [0.05, 0.1) is 6.10 Å². The number of carbonyl (C=O) groups is 1. The van der Waals surface area contributed by atoms with Gasteiger partial charge in [-0.1, -0.05) is 26.2 Å². The Hall–Kier alpha value is -0.920. The number of carbonyl (C=O) groups excluding carboxylic acids is 1. The lowest BCUT2D eigenvalue weighted by Gasteiger charge is -2.30. The molecule has 0 saturated heterocycles. The van der Waals surface area contributed by atoms with Crippen molar-refractivity contribution >= 4 is 32.1 Å². The van der Waals surface area contributed by atoms with Gasteiger partial charge in [-0.05, 0) is 30.2 Å².